The highest BCUT2D eigenvalue weighted by atomic mass is 35.5. The molecular weight excluding hydrogens is 507 g/mol. The van der Waals surface area contributed by atoms with Crippen molar-refractivity contribution in [3.8, 4) is 11.5 Å². The van der Waals surface area contributed by atoms with Gasteiger partial charge < -0.3 is 20.1 Å². The molecule has 2 aliphatic rings. The largest absolute Gasteiger partial charge is 0.493 e. The second-order valence-corrected chi connectivity index (χ2v) is 10.5. The zero-order chi connectivity index (χ0) is 27.0. The Kier molecular flexibility index (Phi) is 7.85. The minimum absolute atomic E-state index is 0.0365. The van der Waals surface area contributed by atoms with Crippen LogP contribution in [0.4, 0.5) is 23.7 Å². The molecule has 2 aromatic carbocycles. The summed E-state index contributed by atoms with van der Waals surface area (Å²) in [7, 11) is 3.24. The monoisotopic (exact) mass is 539 g/mol. The molecule has 2 N–H and O–H groups in total. The average Bonchev–Trinajstić information content (AvgIpc) is 3.24. The predicted octanol–water partition coefficient (Wildman–Crippen LogP) is 6.47. The number of hydrogen-bond acceptors (Lipinski definition) is 4. The molecule has 0 unspecified atom stereocenters. The lowest BCUT2D eigenvalue weighted by molar-refractivity contribution is -0.137. The third kappa shape index (κ3) is 5.48. The van der Waals surface area contributed by atoms with Crippen LogP contribution in [-0.4, -0.2) is 49.8 Å². The molecular formula is C27H33ClF3N3O3. The normalized spacial score (nSPS) is 24.0. The van der Waals surface area contributed by atoms with E-state index >= 15 is 0 Å². The molecule has 1 saturated carbocycles. The number of benzene rings is 2. The van der Waals surface area contributed by atoms with E-state index in [2.05, 4.69) is 41.5 Å². The molecule has 4 rings (SSSR count). The fourth-order valence-corrected chi connectivity index (χ4v) is 6.21. The number of rotatable bonds is 6. The molecule has 0 spiro atoms. The minimum Gasteiger partial charge on any atom is -0.493 e. The van der Waals surface area contributed by atoms with Gasteiger partial charge in [0, 0.05) is 29.2 Å². The smallest absolute Gasteiger partial charge is 0.417 e. The summed E-state index contributed by atoms with van der Waals surface area (Å²) >= 11 is 5.70. The van der Waals surface area contributed by atoms with Crippen molar-refractivity contribution in [2.75, 3.05) is 26.1 Å². The first-order valence-electron chi connectivity index (χ1n) is 12.4. The molecule has 1 aliphatic carbocycles. The first kappa shape index (κ1) is 27.4. The van der Waals surface area contributed by atoms with E-state index in [1.807, 2.05) is 6.07 Å². The van der Waals surface area contributed by atoms with Gasteiger partial charge >= 0.3 is 12.2 Å². The number of amides is 2. The van der Waals surface area contributed by atoms with Crippen molar-refractivity contribution in [1.82, 2.24) is 10.2 Å². The summed E-state index contributed by atoms with van der Waals surface area (Å²) in [5, 5.41) is 5.11. The Hall–Kier alpha value is -2.65. The molecule has 0 aromatic heterocycles. The molecule has 0 bridgehead atoms. The van der Waals surface area contributed by atoms with E-state index in [1.54, 1.807) is 14.2 Å². The van der Waals surface area contributed by atoms with E-state index in [0.717, 1.165) is 44.4 Å². The van der Waals surface area contributed by atoms with E-state index in [1.165, 1.54) is 11.6 Å². The number of nitrogens with one attached hydrogen (secondary N) is 2. The van der Waals surface area contributed by atoms with Crippen LogP contribution in [0.15, 0.2) is 36.4 Å². The topological polar surface area (TPSA) is 62.8 Å². The van der Waals surface area contributed by atoms with Crippen LogP contribution in [0.3, 0.4) is 0 Å². The number of methoxy groups -OCH3 is 2. The van der Waals surface area contributed by atoms with Gasteiger partial charge in [0.2, 0.25) is 0 Å². The Morgan fingerprint density at radius 2 is 1.84 bits per heavy atom. The molecule has 2 fully saturated rings. The van der Waals surface area contributed by atoms with Crippen LogP contribution in [-0.2, 0) is 11.6 Å². The van der Waals surface area contributed by atoms with Crippen LogP contribution in [0.1, 0.15) is 50.7 Å². The van der Waals surface area contributed by atoms with Gasteiger partial charge in [-0.25, -0.2) is 4.79 Å². The van der Waals surface area contributed by atoms with Crippen LogP contribution in [0, 0.1) is 0 Å². The maximum Gasteiger partial charge on any atom is 0.417 e. The van der Waals surface area contributed by atoms with E-state index < -0.39 is 22.8 Å². The lowest BCUT2D eigenvalue weighted by Crippen LogP contribution is -2.54. The molecule has 3 atom stereocenters. The molecule has 202 valence electrons. The van der Waals surface area contributed by atoms with E-state index in [-0.39, 0.29) is 23.2 Å². The minimum atomic E-state index is -4.61. The zero-order valence-electron chi connectivity index (χ0n) is 21.4. The molecule has 10 heteroatoms. The summed E-state index contributed by atoms with van der Waals surface area (Å²) in [5.41, 5.74) is 0.162. The van der Waals surface area contributed by atoms with E-state index in [0.29, 0.717) is 17.5 Å². The Morgan fingerprint density at radius 3 is 2.49 bits per heavy atom. The van der Waals surface area contributed by atoms with E-state index in [4.69, 9.17) is 21.1 Å². The van der Waals surface area contributed by atoms with Crippen molar-refractivity contribution >= 4 is 23.3 Å². The molecule has 37 heavy (non-hydrogen) atoms. The van der Waals surface area contributed by atoms with Gasteiger partial charge in [0.1, 0.15) is 0 Å². The Balaban J connectivity index is 1.52. The van der Waals surface area contributed by atoms with Gasteiger partial charge in [0.25, 0.3) is 0 Å². The van der Waals surface area contributed by atoms with Gasteiger partial charge in [0.05, 0.1) is 24.8 Å². The predicted molar refractivity (Wildman–Crippen MR) is 138 cm³/mol. The molecule has 0 radical (unpaired) electrons. The van der Waals surface area contributed by atoms with Crippen molar-refractivity contribution in [2.45, 2.75) is 69.2 Å². The van der Waals surface area contributed by atoms with Crippen LogP contribution in [0.5, 0.6) is 11.5 Å². The number of hydrogen-bond donors (Lipinski definition) is 2. The maximum absolute atomic E-state index is 13.2. The Morgan fingerprint density at radius 1 is 1.11 bits per heavy atom. The quantitative estimate of drug-likeness (QED) is 0.441. The number of carbonyl (C=O) groups excluding carboxylic acids is 1. The van der Waals surface area contributed by atoms with Crippen molar-refractivity contribution < 1.29 is 27.4 Å². The molecule has 2 aromatic rings. The van der Waals surface area contributed by atoms with Crippen molar-refractivity contribution in [3.63, 3.8) is 0 Å². The highest BCUT2D eigenvalue weighted by molar-refractivity contribution is 6.31. The first-order valence-corrected chi connectivity index (χ1v) is 12.8. The first-order chi connectivity index (χ1) is 17.5. The molecule has 1 heterocycles. The van der Waals surface area contributed by atoms with Crippen LogP contribution >= 0.6 is 11.6 Å². The summed E-state index contributed by atoms with van der Waals surface area (Å²) < 4.78 is 50.6. The third-order valence-corrected chi connectivity index (χ3v) is 8.12. The second kappa shape index (κ2) is 10.6. The third-order valence-electron chi connectivity index (χ3n) is 7.79. The molecule has 1 aliphatic heterocycles. The number of anilines is 1. The van der Waals surface area contributed by atoms with E-state index in [9.17, 15) is 18.0 Å². The summed E-state index contributed by atoms with van der Waals surface area (Å²) in [5.74, 6) is 1.37. The van der Waals surface area contributed by atoms with Crippen LogP contribution in [0.25, 0.3) is 0 Å². The van der Waals surface area contributed by atoms with Gasteiger partial charge in [-0.2, -0.15) is 13.2 Å². The Labute approximate surface area is 220 Å². The number of ether oxygens (including phenoxy) is 2. The zero-order valence-corrected chi connectivity index (χ0v) is 22.2. The number of alkyl halides is 3. The number of likely N-dealkylation sites (tertiary alicyclic amines) is 1. The number of fused-ring (bicyclic) bond motifs is 1. The SMILES string of the molecule is COc1ccc([C@@]23CC[C@@H](NC(=O)Nc4ccc(Cl)c(C(F)(F)F)c4)C[C@@H]2N(C(C)C)CC3)cc1OC. The molecule has 1 saturated heterocycles. The Bertz CT molecular complexity index is 1140. The van der Waals surface area contributed by atoms with Gasteiger partial charge in [-0.3, -0.25) is 4.90 Å². The summed E-state index contributed by atoms with van der Waals surface area (Å²) in [4.78, 5) is 15.2. The van der Waals surface area contributed by atoms with Crippen LogP contribution in [0.2, 0.25) is 5.02 Å². The van der Waals surface area contributed by atoms with Crippen LogP contribution < -0.4 is 20.1 Å². The number of urea groups is 1. The molecule has 6 nitrogen and oxygen atoms in total. The van der Waals surface area contributed by atoms with Crippen molar-refractivity contribution in [2.24, 2.45) is 0 Å². The fourth-order valence-electron chi connectivity index (χ4n) is 5.99. The molecule has 2 amide bonds. The standard InChI is InChI=1S/C27H33ClF3N3O3/c1-16(2)34-12-11-26(17-5-8-22(36-3)23(13-17)37-4)10-9-19(15-24(26)34)33-25(35)32-18-6-7-21(28)20(14-18)27(29,30)31/h5-8,13-14,16,19,24H,9-12,15H2,1-4H3,(H2,32,33,35)/t19-,24+,26+/m1/s1. The fraction of sp³-hybridized carbons (Fsp3) is 0.519. The lowest BCUT2D eigenvalue weighted by Gasteiger charge is -2.46. The van der Waals surface area contributed by atoms with Gasteiger partial charge in [0.15, 0.2) is 11.5 Å². The second-order valence-electron chi connectivity index (χ2n) is 10.1. The average molecular weight is 540 g/mol. The number of halogens is 4. The number of carbonyl (C=O) groups is 1. The highest BCUT2D eigenvalue weighted by Gasteiger charge is 2.52. The summed E-state index contributed by atoms with van der Waals surface area (Å²) in [6.07, 6.45) is -1.27. The lowest BCUT2D eigenvalue weighted by atomic mass is 9.65. The van der Waals surface area contributed by atoms with Gasteiger partial charge in [-0.15, -0.1) is 0 Å². The highest BCUT2D eigenvalue weighted by Crippen LogP contribution is 2.51. The van der Waals surface area contributed by atoms with Gasteiger partial charge in [-0.05, 0) is 82.0 Å². The summed E-state index contributed by atoms with van der Waals surface area (Å²) in [6, 6.07) is 9.33. The number of nitrogens with zero attached hydrogens (tertiary/aromatic N) is 1. The van der Waals surface area contributed by atoms with Crippen molar-refractivity contribution in [3.05, 3.63) is 52.5 Å². The maximum atomic E-state index is 13.2. The summed E-state index contributed by atoms with van der Waals surface area (Å²) in [6.45, 7) is 5.29. The van der Waals surface area contributed by atoms with Gasteiger partial charge in [-0.1, -0.05) is 17.7 Å². The van der Waals surface area contributed by atoms with Crippen molar-refractivity contribution in [1.29, 1.82) is 0 Å².